The van der Waals surface area contributed by atoms with Crippen LogP contribution in [0.15, 0.2) is 48.5 Å². The highest BCUT2D eigenvalue weighted by molar-refractivity contribution is 5.41. The lowest BCUT2D eigenvalue weighted by Crippen LogP contribution is -2.18. The van der Waals surface area contributed by atoms with Gasteiger partial charge in [0.25, 0.3) is 0 Å². The van der Waals surface area contributed by atoms with Gasteiger partial charge in [-0.05, 0) is 42.3 Å². The largest absolute Gasteiger partial charge is 0.491 e. The van der Waals surface area contributed by atoms with E-state index in [4.69, 9.17) is 23.7 Å². The van der Waals surface area contributed by atoms with Crippen molar-refractivity contribution in [3.05, 3.63) is 59.7 Å². The fourth-order valence-electron chi connectivity index (χ4n) is 2.91. The predicted octanol–water partition coefficient (Wildman–Crippen LogP) is 3.99. The van der Waals surface area contributed by atoms with E-state index in [1.165, 1.54) is 11.1 Å². The van der Waals surface area contributed by atoms with Crippen LogP contribution in [0.5, 0.6) is 11.5 Å². The number of rotatable bonds is 8. The summed E-state index contributed by atoms with van der Waals surface area (Å²) in [4.78, 5) is 0. The molecule has 6 nitrogen and oxygen atoms in total. The molecule has 2 aromatic rings. The second-order valence-electron chi connectivity index (χ2n) is 8.96. The fourth-order valence-corrected chi connectivity index (χ4v) is 2.91. The molecule has 0 saturated carbocycles. The maximum Gasteiger partial charge on any atom is 0.119 e. The summed E-state index contributed by atoms with van der Waals surface area (Å²) in [5.74, 6) is 1.78. The first-order valence-corrected chi connectivity index (χ1v) is 11.4. The zero-order chi connectivity index (χ0) is 22.4. The van der Waals surface area contributed by atoms with Crippen LogP contribution in [0.1, 0.15) is 31.9 Å². The van der Waals surface area contributed by atoms with E-state index in [0.717, 1.165) is 44.5 Å². The van der Waals surface area contributed by atoms with E-state index in [9.17, 15) is 0 Å². The van der Waals surface area contributed by atoms with E-state index < -0.39 is 0 Å². The SMILES string of the molecule is C1CO1.CC(C)(c1ccc(OCC2CO2)cc1)c1ccc(OCC2CO2)cc1.CC1CO1. The van der Waals surface area contributed by atoms with E-state index in [2.05, 4.69) is 49.8 Å². The molecule has 4 saturated heterocycles. The molecule has 4 aliphatic heterocycles. The molecule has 174 valence electrons. The van der Waals surface area contributed by atoms with Gasteiger partial charge in [-0.2, -0.15) is 0 Å². The van der Waals surface area contributed by atoms with Gasteiger partial charge in [0.1, 0.15) is 36.9 Å². The molecule has 4 heterocycles. The monoisotopic (exact) mass is 442 g/mol. The lowest BCUT2D eigenvalue weighted by atomic mass is 9.78. The third-order valence-electron chi connectivity index (χ3n) is 5.53. The Morgan fingerprint density at radius 1 is 0.719 bits per heavy atom. The molecule has 0 radical (unpaired) electrons. The van der Waals surface area contributed by atoms with Crippen molar-refractivity contribution in [1.29, 1.82) is 0 Å². The van der Waals surface area contributed by atoms with Gasteiger partial charge >= 0.3 is 0 Å². The third kappa shape index (κ3) is 8.10. The number of ether oxygens (including phenoxy) is 6. The molecule has 0 N–H and O–H groups in total. The zero-order valence-electron chi connectivity index (χ0n) is 19.3. The van der Waals surface area contributed by atoms with E-state index in [-0.39, 0.29) is 17.6 Å². The zero-order valence-corrected chi connectivity index (χ0v) is 19.3. The van der Waals surface area contributed by atoms with Gasteiger partial charge in [-0.25, -0.2) is 0 Å². The average Bonchev–Trinajstić information content (AvgIpc) is 3.65. The van der Waals surface area contributed by atoms with Crippen LogP contribution in [-0.4, -0.2) is 64.6 Å². The summed E-state index contributed by atoms with van der Waals surface area (Å²) in [6, 6.07) is 16.7. The number of benzene rings is 2. The Labute approximate surface area is 190 Å². The van der Waals surface area contributed by atoms with Gasteiger partial charge in [0.15, 0.2) is 0 Å². The normalized spacial score (nSPS) is 24.2. The van der Waals surface area contributed by atoms with Gasteiger partial charge < -0.3 is 28.4 Å². The van der Waals surface area contributed by atoms with Crippen molar-refractivity contribution in [1.82, 2.24) is 0 Å². The summed E-state index contributed by atoms with van der Waals surface area (Å²) in [5.41, 5.74) is 2.42. The first-order valence-electron chi connectivity index (χ1n) is 11.4. The third-order valence-corrected chi connectivity index (χ3v) is 5.53. The van der Waals surface area contributed by atoms with Crippen molar-refractivity contribution in [2.75, 3.05) is 46.2 Å². The van der Waals surface area contributed by atoms with Crippen molar-refractivity contribution in [2.45, 2.75) is 44.5 Å². The molecule has 0 spiro atoms. The summed E-state index contributed by atoms with van der Waals surface area (Å²) in [6.07, 6.45) is 1.15. The summed E-state index contributed by atoms with van der Waals surface area (Å²) in [7, 11) is 0. The van der Waals surface area contributed by atoms with Crippen LogP contribution in [-0.2, 0) is 24.4 Å². The number of hydrogen-bond donors (Lipinski definition) is 0. The summed E-state index contributed by atoms with van der Waals surface area (Å²) in [6.45, 7) is 12.4. The van der Waals surface area contributed by atoms with Gasteiger partial charge in [-0.3, -0.25) is 0 Å². The summed E-state index contributed by atoms with van der Waals surface area (Å²) < 4.78 is 31.0. The molecule has 6 heteroatoms. The Balaban J connectivity index is 0.000000297. The van der Waals surface area contributed by atoms with E-state index in [1.54, 1.807) is 0 Å². The van der Waals surface area contributed by atoms with Crippen LogP contribution in [0, 0.1) is 0 Å². The minimum Gasteiger partial charge on any atom is -0.491 e. The number of hydrogen-bond acceptors (Lipinski definition) is 6. The van der Waals surface area contributed by atoms with Crippen LogP contribution < -0.4 is 9.47 Å². The smallest absolute Gasteiger partial charge is 0.119 e. The second-order valence-corrected chi connectivity index (χ2v) is 8.96. The fraction of sp³-hybridized carbons (Fsp3) is 0.538. The Kier molecular flexibility index (Phi) is 7.68. The topological polar surface area (TPSA) is 68.6 Å². The van der Waals surface area contributed by atoms with Crippen LogP contribution in [0.4, 0.5) is 0 Å². The van der Waals surface area contributed by atoms with Gasteiger partial charge in [0.2, 0.25) is 0 Å². The lowest BCUT2D eigenvalue weighted by molar-refractivity contribution is 0.263. The van der Waals surface area contributed by atoms with E-state index >= 15 is 0 Å². The first-order chi connectivity index (χ1) is 15.5. The Hall–Kier alpha value is -2.12. The molecule has 4 aliphatic rings. The van der Waals surface area contributed by atoms with Crippen LogP contribution >= 0.6 is 0 Å². The molecule has 2 aromatic carbocycles. The van der Waals surface area contributed by atoms with Crippen LogP contribution in [0.2, 0.25) is 0 Å². The quantitative estimate of drug-likeness (QED) is 0.576. The molecular formula is C26H34O6. The summed E-state index contributed by atoms with van der Waals surface area (Å²) >= 11 is 0. The highest BCUT2D eigenvalue weighted by Crippen LogP contribution is 2.33. The van der Waals surface area contributed by atoms with Gasteiger partial charge in [0.05, 0.1) is 39.1 Å². The van der Waals surface area contributed by atoms with Crippen molar-refractivity contribution in [2.24, 2.45) is 0 Å². The first kappa shape index (κ1) is 23.1. The Morgan fingerprint density at radius 2 is 1.06 bits per heavy atom. The average molecular weight is 443 g/mol. The minimum absolute atomic E-state index is 0.0870. The predicted molar refractivity (Wildman–Crippen MR) is 122 cm³/mol. The second kappa shape index (κ2) is 10.7. The molecule has 0 amide bonds. The number of epoxide rings is 4. The molecule has 3 atom stereocenters. The van der Waals surface area contributed by atoms with Crippen molar-refractivity contribution in [3.63, 3.8) is 0 Å². The van der Waals surface area contributed by atoms with Gasteiger partial charge in [-0.1, -0.05) is 38.1 Å². The summed E-state index contributed by atoms with van der Waals surface area (Å²) in [5, 5.41) is 0. The molecule has 0 aliphatic carbocycles. The Bertz CT molecular complexity index is 754. The van der Waals surface area contributed by atoms with Crippen molar-refractivity contribution >= 4 is 0 Å². The van der Waals surface area contributed by atoms with Crippen molar-refractivity contribution < 1.29 is 28.4 Å². The van der Waals surface area contributed by atoms with Crippen molar-refractivity contribution in [3.8, 4) is 11.5 Å². The molecule has 32 heavy (non-hydrogen) atoms. The molecule has 0 aromatic heterocycles. The highest BCUT2D eigenvalue weighted by atomic mass is 16.6. The molecule has 0 bridgehead atoms. The van der Waals surface area contributed by atoms with Crippen LogP contribution in [0.3, 0.4) is 0 Å². The molecule has 6 rings (SSSR count). The molecule has 4 fully saturated rings. The molecule has 3 unspecified atom stereocenters. The Morgan fingerprint density at radius 3 is 1.31 bits per heavy atom. The maximum absolute atomic E-state index is 5.72. The van der Waals surface area contributed by atoms with E-state index in [0.29, 0.717) is 19.3 Å². The lowest BCUT2D eigenvalue weighted by Gasteiger charge is -2.26. The highest BCUT2D eigenvalue weighted by Gasteiger charge is 2.25. The van der Waals surface area contributed by atoms with Gasteiger partial charge in [-0.15, -0.1) is 0 Å². The standard InChI is InChI=1S/C21H24O4.C3H6O.C2H4O/c1-21(2,15-3-7-17(8-4-15)22-11-19-13-24-19)16-5-9-18(10-6-16)23-12-20-14-25-20;1-3-2-4-3;1-2-3-1/h3-10,19-20H,11-14H2,1-2H3;3H,2H2,1H3;1-2H2. The van der Waals surface area contributed by atoms with E-state index in [1.807, 2.05) is 24.3 Å². The maximum atomic E-state index is 5.72. The van der Waals surface area contributed by atoms with Crippen LogP contribution in [0.25, 0.3) is 0 Å². The van der Waals surface area contributed by atoms with Gasteiger partial charge in [0, 0.05) is 5.41 Å². The minimum atomic E-state index is -0.0870. The molecular weight excluding hydrogens is 408 g/mol.